The van der Waals surface area contributed by atoms with Gasteiger partial charge in [-0.15, -0.1) is 0 Å². The topological polar surface area (TPSA) is 98.6 Å². The van der Waals surface area contributed by atoms with Crippen LogP contribution in [0.25, 0.3) is 0 Å². The van der Waals surface area contributed by atoms with E-state index in [9.17, 15) is 15.0 Å². The maximum Gasteiger partial charge on any atom is 0.270 e. The highest BCUT2D eigenvalue weighted by Gasteiger charge is 2.21. The van der Waals surface area contributed by atoms with Crippen molar-refractivity contribution in [2.24, 2.45) is 5.92 Å². The molecular formula is C24H32N4O3. The quantitative estimate of drug-likeness (QED) is 0.626. The van der Waals surface area contributed by atoms with Crippen molar-refractivity contribution in [2.75, 3.05) is 19.6 Å². The SMILES string of the molecule is O=C(NC[C@H](O)CN1CCc2ccccc2C1)c1cc(CC2CCC(O)CC2)ncn1. The minimum atomic E-state index is -0.635. The third-order valence-electron chi connectivity index (χ3n) is 6.45. The highest BCUT2D eigenvalue weighted by atomic mass is 16.3. The number of carbonyl (C=O) groups excluding carboxylic acids is 1. The summed E-state index contributed by atoms with van der Waals surface area (Å²) < 4.78 is 0. The van der Waals surface area contributed by atoms with Crippen molar-refractivity contribution >= 4 is 5.91 Å². The van der Waals surface area contributed by atoms with Crippen LogP contribution in [0, 0.1) is 5.92 Å². The van der Waals surface area contributed by atoms with Crippen LogP contribution in [-0.2, 0) is 19.4 Å². The van der Waals surface area contributed by atoms with Gasteiger partial charge in [-0.2, -0.15) is 0 Å². The Labute approximate surface area is 183 Å². The largest absolute Gasteiger partial charge is 0.393 e. The summed E-state index contributed by atoms with van der Waals surface area (Å²) in [4.78, 5) is 23.2. The Hall–Kier alpha value is -2.35. The van der Waals surface area contributed by atoms with Gasteiger partial charge in [0.15, 0.2) is 0 Å². The highest BCUT2D eigenvalue weighted by Crippen LogP contribution is 2.26. The first-order valence-corrected chi connectivity index (χ1v) is 11.3. The number of fused-ring (bicyclic) bond motifs is 1. The van der Waals surface area contributed by atoms with Gasteiger partial charge >= 0.3 is 0 Å². The summed E-state index contributed by atoms with van der Waals surface area (Å²) in [7, 11) is 0. The fourth-order valence-electron chi connectivity index (χ4n) is 4.65. The minimum absolute atomic E-state index is 0.172. The molecule has 0 spiro atoms. The van der Waals surface area contributed by atoms with Crippen LogP contribution < -0.4 is 5.32 Å². The predicted octanol–water partition coefficient (Wildman–Crippen LogP) is 1.72. The Balaban J connectivity index is 1.24. The van der Waals surface area contributed by atoms with Gasteiger partial charge in [0.25, 0.3) is 5.91 Å². The van der Waals surface area contributed by atoms with E-state index in [1.807, 2.05) is 6.07 Å². The molecule has 31 heavy (non-hydrogen) atoms. The molecule has 3 N–H and O–H groups in total. The molecular weight excluding hydrogens is 392 g/mol. The molecule has 0 bridgehead atoms. The van der Waals surface area contributed by atoms with Crippen LogP contribution in [-0.4, -0.2) is 62.8 Å². The molecule has 1 aliphatic heterocycles. The Morgan fingerprint density at radius 3 is 2.74 bits per heavy atom. The lowest BCUT2D eigenvalue weighted by molar-refractivity contribution is 0.0837. The number of aliphatic hydroxyl groups is 2. The number of rotatable bonds is 7. The highest BCUT2D eigenvalue weighted by molar-refractivity contribution is 5.92. The lowest BCUT2D eigenvalue weighted by Gasteiger charge is -2.30. The summed E-state index contributed by atoms with van der Waals surface area (Å²) >= 11 is 0. The second kappa shape index (κ2) is 10.3. The first-order chi connectivity index (χ1) is 15.1. The second-order valence-corrected chi connectivity index (χ2v) is 8.89. The summed E-state index contributed by atoms with van der Waals surface area (Å²) in [5, 5.41) is 22.9. The van der Waals surface area contributed by atoms with E-state index in [1.165, 1.54) is 17.5 Å². The average molecular weight is 425 g/mol. The summed E-state index contributed by atoms with van der Waals surface area (Å²) in [5.74, 6) is 0.205. The first kappa shape index (κ1) is 21.9. The van der Waals surface area contributed by atoms with E-state index in [2.05, 4.69) is 38.4 Å². The lowest BCUT2D eigenvalue weighted by atomic mass is 9.84. The van der Waals surface area contributed by atoms with Gasteiger partial charge in [0.05, 0.1) is 12.2 Å². The third-order valence-corrected chi connectivity index (χ3v) is 6.45. The van der Waals surface area contributed by atoms with Crippen LogP contribution in [0.4, 0.5) is 0 Å². The summed E-state index contributed by atoms with van der Waals surface area (Å²) in [5.41, 5.74) is 3.88. The number of benzene rings is 1. The maximum atomic E-state index is 12.5. The smallest absolute Gasteiger partial charge is 0.270 e. The summed E-state index contributed by atoms with van der Waals surface area (Å²) in [6.45, 7) is 2.46. The number of hydrogen-bond acceptors (Lipinski definition) is 6. The molecule has 1 aromatic heterocycles. The Morgan fingerprint density at radius 2 is 1.94 bits per heavy atom. The number of aliphatic hydroxyl groups excluding tert-OH is 2. The maximum absolute atomic E-state index is 12.5. The van der Waals surface area contributed by atoms with E-state index < -0.39 is 6.10 Å². The molecule has 0 saturated heterocycles. The number of nitrogens with zero attached hydrogens (tertiary/aromatic N) is 3. The monoisotopic (exact) mass is 424 g/mol. The second-order valence-electron chi connectivity index (χ2n) is 8.89. The van der Waals surface area contributed by atoms with E-state index in [4.69, 9.17) is 0 Å². The Morgan fingerprint density at radius 1 is 1.16 bits per heavy atom. The van der Waals surface area contributed by atoms with Gasteiger partial charge in [-0.05, 0) is 61.6 Å². The molecule has 166 valence electrons. The molecule has 1 amide bonds. The zero-order chi connectivity index (χ0) is 21.6. The molecule has 1 fully saturated rings. The number of nitrogens with one attached hydrogen (secondary N) is 1. The van der Waals surface area contributed by atoms with Gasteiger partial charge in [-0.3, -0.25) is 9.69 Å². The molecule has 2 heterocycles. The standard InChI is InChI=1S/C24H32N4O3/c29-21-7-5-17(6-8-21)11-20-12-23(27-16-26-20)24(31)25-13-22(30)15-28-10-9-18-3-1-2-4-19(18)14-28/h1-4,12,16-17,21-22,29-30H,5-11,13-15H2,(H,25,31)/t17?,21?,22-/m0/s1. The fourth-order valence-corrected chi connectivity index (χ4v) is 4.65. The van der Waals surface area contributed by atoms with Crippen LogP contribution in [0.3, 0.4) is 0 Å². The van der Waals surface area contributed by atoms with Crippen molar-refractivity contribution in [2.45, 2.75) is 57.3 Å². The van der Waals surface area contributed by atoms with Crippen LogP contribution in [0.2, 0.25) is 0 Å². The Kier molecular flexibility index (Phi) is 7.27. The van der Waals surface area contributed by atoms with Crippen LogP contribution >= 0.6 is 0 Å². The molecule has 2 aromatic rings. The minimum Gasteiger partial charge on any atom is -0.393 e. The van der Waals surface area contributed by atoms with Gasteiger partial charge in [-0.1, -0.05) is 24.3 Å². The molecule has 0 radical (unpaired) electrons. The van der Waals surface area contributed by atoms with Crippen molar-refractivity contribution in [3.05, 3.63) is 59.2 Å². The van der Waals surface area contributed by atoms with E-state index in [1.54, 1.807) is 6.07 Å². The van der Waals surface area contributed by atoms with Crippen molar-refractivity contribution in [3.63, 3.8) is 0 Å². The molecule has 0 unspecified atom stereocenters. The fraction of sp³-hybridized carbons (Fsp3) is 0.542. The molecule has 1 aliphatic carbocycles. The molecule has 2 aliphatic rings. The number of carbonyl (C=O) groups is 1. The van der Waals surface area contributed by atoms with E-state index in [0.29, 0.717) is 18.2 Å². The molecule has 1 atom stereocenters. The van der Waals surface area contributed by atoms with Gasteiger partial charge < -0.3 is 15.5 Å². The van der Waals surface area contributed by atoms with Crippen LogP contribution in [0.15, 0.2) is 36.7 Å². The van der Waals surface area contributed by atoms with Crippen molar-refractivity contribution in [1.29, 1.82) is 0 Å². The lowest BCUT2D eigenvalue weighted by Crippen LogP contribution is -2.42. The van der Waals surface area contributed by atoms with Gasteiger partial charge in [0, 0.05) is 31.9 Å². The number of hydrogen-bond donors (Lipinski definition) is 3. The van der Waals surface area contributed by atoms with Crippen LogP contribution in [0.1, 0.15) is 53.0 Å². The number of amides is 1. The van der Waals surface area contributed by atoms with Crippen molar-refractivity contribution in [1.82, 2.24) is 20.2 Å². The first-order valence-electron chi connectivity index (χ1n) is 11.3. The summed E-state index contributed by atoms with van der Waals surface area (Å²) in [6.07, 6.45) is 6.06. The zero-order valence-corrected chi connectivity index (χ0v) is 17.9. The van der Waals surface area contributed by atoms with Crippen molar-refractivity contribution < 1.29 is 15.0 Å². The number of β-amino-alcohol motifs (C(OH)–C–C–N with tert-alkyl or cyclic N) is 1. The summed E-state index contributed by atoms with van der Waals surface area (Å²) in [6, 6.07) is 10.2. The van der Waals surface area contributed by atoms with E-state index in [-0.39, 0.29) is 18.6 Å². The molecule has 7 nitrogen and oxygen atoms in total. The molecule has 1 aromatic carbocycles. The normalized spacial score (nSPS) is 22.5. The Bertz CT molecular complexity index is 883. The molecule has 1 saturated carbocycles. The van der Waals surface area contributed by atoms with Gasteiger partial charge in [0.1, 0.15) is 12.0 Å². The predicted molar refractivity (Wildman–Crippen MR) is 117 cm³/mol. The van der Waals surface area contributed by atoms with Gasteiger partial charge in [-0.25, -0.2) is 9.97 Å². The van der Waals surface area contributed by atoms with E-state index in [0.717, 1.165) is 57.3 Å². The average Bonchev–Trinajstić information content (AvgIpc) is 2.79. The molecule has 7 heteroatoms. The molecule has 4 rings (SSSR count). The number of aromatic nitrogens is 2. The van der Waals surface area contributed by atoms with Gasteiger partial charge in [0.2, 0.25) is 0 Å². The zero-order valence-electron chi connectivity index (χ0n) is 17.9. The van der Waals surface area contributed by atoms with Crippen LogP contribution in [0.5, 0.6) is 0 Å². The van der Waals surface area contributed by atoms with Crippen molar-refractivity contribution in [3.8, 4) is 0 Å². The third kappa shape index (κ3) is 6.09. The van der Waals surface area contributed by atoms with E-state index >= 15 is 0 Å².